The molecule has 1 unspecified atom stereocenters. The average molecular weight is 444 g/mol. The Kier molecular flexibility index (Phi) is 6.13. The molecule has 33 heavy (non-hydrogen) atoms. The number of Topliss-reactive ketones (excluding diaryl/α,β-unsaturated/α-hetero) is 1. The van der Waals surface area contributed by atoms with Crippen LogP contribution in [0.3, 0.4) is 0 Å². The molecule has 1 atom stereocenters. The number of carbonyl (C=O) groups excluding carboxylic acids is 2. The van der Waals surface area contributed by atoms with Crippen LogP contribution in [0, 0.1) is 0 Å². The molecule has 0 saturated carbocycles. The third-order valence-electron chi connectivity index (χ3n) is 5.29. The number of anilines is 1. The molecule has 0 spiro atoms. The van der Waals surface area contributed by atoms with Crippen LogP contribution in [-0.4, -0.2) is 35.0 Å². The molecule has 1 aromatic heterocycles. The first kappa shape index (κ1) is 22.1. The zero-order valence-corrected chi connectivity index (χ0v) is 18.6. The van der Waals surface area contributed by atoms with Gasteiger partial charge in [-0.05, 0) is 67.9 Å². The summed E-state index contributed by atoms with van der Waals surface area (Å²) in [5.41, 5.74) is 1.55. The van der Waals surface area contributed by atoms with Crippen molar-refractivity contribution in [1.82, 2.24) is 4.98 Å². The molecule has 0 radical (unpaired) electrons. The lowest BCUT2D eigenvalue weighted by atomic mass is 9.95. The molecule has 1 aliphatic heterocycles. The molecule has 7 nitrogen and oxygen atoms in total. The summed E-state index contributed by atoms with van der Waals surface area (Å²) >= 11 is 0. The minimum atomic E-state index is -0.845. The number of methoxy groups -OCH3 is 1. The van der Waals surface area contributed by atoms with Crippen molar-refractivity contribution in [1.29, 1.82) is 0 Å². The monoisotopic (exact) mass is 444 g/mol. The molecule has 1 saturated heterocycles. The SMILES string of the molecule is COc1ccc(N2C(=O)C(=O)/C(=C(\O)c3ccncc3)C2c2cccc(OC(C)C)c2)cc1. The van der Waals surface area contributed by atoms with Crippen molar-refractivity contribution in [2.45, 2.75) is 26.0 Å². The minimum absolute atomic E-state index is 0.00344. The molecular weight excluding hydrogens is 420 g/mol. The Balaban J connectivity index is 1.91. The Morgan fingerprint density at radius 1 is 1.00 bits per heavy atom. The number of carbonyl (C=O) groups is 2. The lowest BCUT2D eigenvalue weighted by Gasteiger charge is -2.26. The molecule has 3 aromatic rings. The molecule has 168 valence electrons. The number of hydrogen-bond acceptors (Lipinski definition) is 6. The number of amides is 1. The first-order chi connectivity index (χ1) is 15.9. The van der Waals surface area contributed by atoms with Gasteiger partial charge in [-0.2, -0.15) is 0 Å². The standard InChI is InChI=1S/C26H24N2O5/c1-16(2)33-21-6-4-5-18(15-21)23-22(24(29)17-11-13-27-14-12-17)25(30)26(31)28(23)19-7-9-20(32-3)10-8-19/h4-16,23,29H,1-3H3/b24-22-. The van der Waals surface area contributed by atoms with Crippen molar-refractivity contribution in [3.8, 4) is 11.5 Å². The van der Waals surface area contributed by atoms with E-state index in [1.54, 1.807) is 61.7 Å². The molecule has 1 fully saturated rings. The van der Waals surface area contributed by atoms with E-state index in [9.17, 15) is 14.7 Å². The second-order valence-electron chi connectivity index (χ2n) is 7.84. The highest BCUT2D eigenvalue weighted by Crippen LogP contribution is 2.43. The van der Waals surface area contributed by atoms with E-state index in [0.717, 1.165) is 0 Å². The molecule has 1 amide bonds. The highest BCUT2D eigenvalue weighted by Gasteiger charge is 2.47. The second-order valence-corrected chi connectivity index (χ2v) is 7.84. The smallest absolute Gasteiger partial charge is 0.300 e. The van der Waals surface area contributed by atoms with Crippen LogP contribution in [0.4, 0.5) is 5.69 Å². The summed E-state index contributed by atoms with van der Waals surface area (Å²) in [6.07, 6.45) is 2.98. The average Bonchev–Trinajstić information content (AvgIpc) is 3.09. The summed E-state index contributed by atoms with van der Waals surface area (Å²) in [5.74, 6) is -0.522. The fourth-order valence-electron chi connectivity index (χ4n) is 3.85. The first-order valence-electron chi connectivity index (χ1n) is 10.5. The van der Waals surface area contributed by atoms with Crippen LogP contribution in [-0.2, 0) is 9.59 Å². The lowest BCUT2D eigenvalue weighted by molar-refractivity contribution is -0.132. The fourth-order valence-corrected chi connectivity index (χ4v) is 3.85. The van der Waals surface area contributed by atoms with Crippen molar-refractivity contribution in [2.75, 3.05) is 12.0 Å². The van der Waals surface area contributed by atoms with E-state index in [-0.39, 0.29) is 17.4 Å². The maximum absolute atomic E-state index is 13.2. The number of aromatic nitrogens is 1. The number of nitrogens with zero attached hydrogens (tertiary/aromatic N) is 2. The summed E-state index contributed by atoms with van der Waals surface area (Å²) < 4.78 is 11.0. The van der Waals surface area contributed by atoms with Crippen LogP contribution in [0.1, 0.15) is 31.0 Å². The first-order valence-corrected chi connectivity index (χ1v) is 10.5. The number of aliphatic hydroxyl groups is 1. The Bertz CT molecular complexity index is 1200. The van der Waals surface area contributed by atoms with E-state index < -0.39 is 17.7 Å². The van der Waals surface area contributed by atoms with Gasteiger partial charge in [0, 0.05) is 23.6 Å². The summed E-state index contributed by atoms with van der Waals surface area (Å²) in [6.45, 7) is 3.83. The molecule has 2 heterocycles. The third kappa shape index (κ3) is 4.30. The highest BCUT2D eigenvalue weighted by atomic mass is 16.5. The van der Waals surface area contributed by atoms with Gasteiger partial charge in [-0.3, -0.25) is 19.5 Å². The van der Waals surface area contributed by atoms with Crippen LogP contribution in [0.5, 0.6) is 11.5 Å². The van der Waals surface area contributed by atoms with Crippen LogP contribution in [0.2, 0.25) is 0 Å². The topological polar surface area (TPSA) is 89.0 Å². The van der Waals surface area contributed by atoms with Crippen LogP contribution in [0.25, 0.3) is 5.76 Å². The van der Waals surface area contributed by atoms with Gasteiger partial charge in [0.05, 0.1) is 24.8 Å². The van der Waals surface area contributed by atoms with Gasteiger partial charge in [0.25, 0.3) is 11.7 Å². The van der Waals surface area contributed by atoms with Gasteiger partial charge in [-0.25, -0.2) is 0 Å². The van der Waals surface area contributed by atoms with Crippen LogP contribution in [0.15, 0.2) is 78.6 Å². The molecule has 7 heteroatoms. The molecule has 0 aliphatic carbocycles. The van der Waals surface area contributed by atoms with Crippen molar-refractivity contribution < 1.29 is 24.2 Å². The predicted octanol–water partition coefficient (Wildman–Crippen LogP) is 4.50. The number of ether oxygens (including phenoxy) is 2. The van der Waals surface area contributed by atoms with E-state index in [2.05, 4.69) is 4.98 Å². The number of benzene rings is 2. The maximum atomic E-state index is 13.2. The van der Waals surface area contributed by atoms with Gasteiger partial charge in [-0.1, -0.05) is 12.1 Å². The number of ketones is 1. The second kappa shape index (κ2) is 9.16. The zero-order chi connectivity index (χ0) is 23.5. The van der Waals surface area contributed by atoms with E-state index in [1.165, 1.54) is 17.3 Å². The van der Waals surface area contributed by atoms with Gasteiger partial charge >= 0.3 is 0 Å². The van der Waals surface area contributed by atoms with Gasteiger partial charge < -0.3 is 14.6 Å². The zero-order valence-electron chi connectivity index (χ0n) is 18.6. The van der Waals surface area contributed by atoms with Crippen molar-refractivity contribution in [2.24, 2.45) is 0 Å². The molecule has 2 aromatic carbocycles. The molecule has 1 aliphatic rings. The predicted molar refractivity (Wildman–Crippen MR) is 124 cm³/mol. The Morgan fingerprint density at radius 2 is 1.70 bits per heavy atom. The van der Waals surface area contributed by atoms with Gasteiger partial charge in [-0.15, -0.1) is 0 Å². The van der Waals surface area contributed by atoms with Gasteiger partial charge in [0.2, 0.25) is 0 Å². The number of hydrogen-bond donors (Lipinski definition) is 1. The molecule has 1 N–H and O–H groups in total. The van der Waals surface area contributed by atoms with E-state index in [4.69, 9.17) is 9.47 Å². The Labute approximate surface area is 191 Å². The summed E-state index contributed by atoms with van der Waals surface area (Å²) in [6, 6.07) is 16.4. The number of aliphatic hydroxyl groups excluding tert-OH is 1. The highest BCUT2D eigenvalue weighted by molar-refractivity contribution is 6.51. The van der Waals surface area contributed by atoms with Crippen molar-refractivity contribution in [3.05, 3.63) is 89.8 Å². The normalized spacial score (nSPS) is 17.5. The van der Waals surface area contributed by atoms with E-state index in [1.807, 2.05) is 19.9 Å². The summed E-state index contributed by atoms with van der Waals surface area (Å²) in [7, 11) is 1.55. The van der Waals surface area contributed by atoms with E-state index in [0.29, 0.717) is 28.3 Å². The maximum Gasteiger partial charge on any atom is 0.300 e. The van der Waals surface area contributed by atoms with Crippen molar-refractivity contribution >= 4 is 23.1 Å². The van der Waals surface area contributed by atoms with Gasteiger partial charge in [0.15, 0.2) is 0 Å². The Morgan fingerprint density at radius 3 is 2.33 bits per heavy atom. The Hall–Kier alpha value is -4.13. The molecule has 0 bridgehead atoms. The van der Waals surface area contributed by atoms with Crippen LogP contribution >= 0.6 is 0 Å². The quantitative estimate of drug-likeness (QED) is 0.342. The summed E-state index contributed by atoms with van der Waals surface area (Å²) in [5, 5.41) is 11.1. The number of pyridine rings is 1. The summed E-state index contributed by atoms with van der Waals surface area (Å²) in [4.78, 5) is 31.8. The lowest BCUT2D eigenvalue weighted by Crippen LogP contribution is -2.29. The number of rotatable bonds is 6. The molecule has 4 rings (SSSR count). The van der Waals surface area contributed by atoms with Crippen molar-refractivity contribution in [3.63, 3.8) is 0 Å². The minimum Gasteiger partial charge on any atom is -0.507 e. The van der Waals surface area contributed by atoms with E-state index >= 15 is 0 Å². The molecular formula is C26H24N2O5. The van der Waals surface area contributed by atoms with Crippen LogP contribution < -0.4 is 14.4 Å². The largest absolute Gasteiger partial charge is 0.507 e. The fraction of sp³-hybridized carbons (Fsp3) is 0.192. The third-order valence-corrected chi connectivity index (χ3v) is 5.29. The van der Waals surface area contributed by atoms with Gasteiger partial charge in [0.1, 0.15) is 17.3 Å².